The number of carbonyl (C=O) groups excluding carboxylic acids is 1. The number of nitrogens with zero attached hydrogens (tertiary/aromatic N) is 5. The van der Waals surface area contributed by atoms with Crippen molar-refractivity contribution in [3.05, 3.63) is 95.6 Å². The Kier molecular flexibility index (Phi) is 6.96. The highest BCUT2D eigenvalue weighted by Crippen LogP contribution is 2.41. The first-order valence-electron chi connectivity index (χ1n) is 16.0. The number of fused-ring (bicyclic) bond motifs is 6. The van der Waals surface area contributed by atoms with Crippen molar-refractivity contribution in [1.82, 2.24) is 24.6 Å². The van der Waals surface area contributed by atoms with E-state index in [0.717, 1.165) is 22.4 Å². The molecule has 0 bridgehead atoms. The van der Waals surface area contributed by atoms with E-state index in [1.165, 1.54) is 6.07 Å². The van der Waals surface area contributed by atoms with Crippen molar-refractivity contribution in [2.45, 2.75) is 26.1 Å². The topological polar surface area (TPSA) is 78.9 Å². The normalized spacial score (nSPS) is 14.6. The molecule has 1 unspecified atom stereocenters. The Bertz CT molecular complexity index is 2410. The van der Waals surface area contributed by atoms with E-state index in [4.69, 9.17) is 14.4 Å². The predicted octanol–water partition coefficient (Wildman–Crippen LogP) is 7.70. The quantitative estimate of drug-likeness (QED) is 0.200. The van der Waals surface area contributed by atoms with Gasteiger partial charge in [0.2, 0.25) is 0 Å². The Morgan fingerprint density at radius 2 is 1.77 bits per heavy atom. The molecule has 0 radical (unpaired) electrons. The number of aryl methyl sites for hydroxylation is 1. The monoisotopic (exact) mass is 644 g/mol. The van der Waals surface area contributed by atoms with E-state index < -0.39 is 6.17 Å². The van der Waals surface area contributed by atoms with Gasteiger partial charge in [0.1, 0.15) is 34.7 Å². The van der Waals surface area contributed by atoms with E-state index in [2.05, 4.69) is 5.32 Å². The van der Waals surface area contributed by atoms with Crippen LogP contribution in [0.2, 0.25) is 0 Å². The summed E-state index contributed by atoms with van der Waals surface area (Å²) in [5, 5.41) is 3.91. The Balaban J connectivity index is 1.38. The summed E-state index contributed by atoms with van der Waals surface area (Å²) in [6.07, 6.45) is -0.859. The van der Waals surface area contributed by atoms with Gasteiger partial charge in [0.05, 0.1) is 33.8 Å². The highest BCUT2D eigenvalue weighted by atomic mass is 19.1. The second-order valence-corrected chi connectivity index (χ2v) is 12.8. The summed E-state index contributed by atoms with van der Waals surface area (Å²) in [5.74, 6) is 0.606. The second-order valence-electron chi connectivity index (χ2n) is 12.8. The van der Waals surface area contributed by atoms with Gasteiger partial charge in [0.15, 0.2) is 0 Å². The third-order valence-electron chi connectivity index (χ3n) is 9.49. The number of halogens is 2. The average molecular weight is 645 g/mol. The van der Waals surface area contributed by atoms with Crippen molar-refractivity contribution >= 4 is 50.0 Å². The zero-order valence-corrected chi connectivity index (χ0v) is 27.3. The molecule has 1 amide bonds. The maximum Gasteiger partial charge on any atom is 0.255 e. The van der Waals surface area contributed by atoms with Gasteiger partial charge in [-0.05, 0) is 50.2 Å². The van der Waals surface area contributed by atoms with Crippen molar-refractivity contribution in [2.75, 3.05) is 39.1 Å². The average Bonchev–Trinajstić information content (AvgIpc) is 3.65. The summed E-state index contributed by atoms with van der Waals surface area (Å²) in [7, 11) is 5.50. The minimum absolute atomic E-state index is 0.197. The zero-order valence-electron chi connectivity index (χ0n) is 27.3. The summed E-state index contributed by atoms with van der Waals surface area (Å²) in [6.45, 7) is 4.69. The van der Waals surface area contributed by atoms with Crippen LogP contribution < -0.4 is 10.2 Å². The number of anilines is 1. The van der Waals surface area contributed by atoms with Gasteiger partial charge < -0.3 is 14.6 Å². The molecule has 8 rings (SSSR count). The van der Waals surface area contributed by atoms with Crippen LogP contribution in [0.4, 0.5) is 14.5 Å². The van der Waals surface area contributed by atoms with Crippen molar-refractivity contribution in [3.8, 4) is 22.6 Å². The molecule has 0 saturated carbocycles. The van der Waals surface area contributed by atoms with Gasteiger partial charge >= 0.3 is 0 Å². The molecule has 4 aromatic heterocycles. The van der Waals surface area contributed by atoms with Crippen LogP contribution >= 0.6 is 0 Å². The highest BCUT2D eigenvalue weighted by Gasteiger charge is 2.33. The molecular formula is C38H34F2N6O2. The molecule has 3 aromatic carbocycles. The Labute approximate surface area is 275 Å². The number of hydrogen-bond donors (Lipinski definition) is 1. The summed E-state index contributed by atoms with van der Waals surface area (Å²) in [6, 6.07) is 22.2. The Morgan fingerprint density at radius 1 is 1.00 bits per heavy atom. The first-order chi connectivity index (χ1) is 23.1. The highest BCUT2D eigenvalue weighted by molar-refractivity contribution is 6.13. The van der Waals surface area contributed by atoms with E-state index in [9.17, 15) is 9.18 Å². The fourth-order valence-electron chi connectivity index (χ4n) is 6.85. The fraction of sp³-hybridized carbons (Fsp3) is 0.237. The van der Waals surface area contributed by atoms with E-state index in [-0.39, 0.29) is 17.8 Å². The standard InChI is InChI=1S/C38H34F2N6O2/c1-20-9-11-22(12-10-20)36-34(38(47)41-3)26-15-25(31(44(4)5)17-33(26)48-36)28-13-14-29-35(42-28)32-16-24-27(40)7-6-8-30(24)46(32)37(43-29)21(2)45-18-23(39)19-45/h6-17,21,23H,18-19H2,1-5H3,(H,41,47). The number of likely N-dealkylation sites (tertiary alicyclic amines) is 1. The number of rotatable bonds is 6. The fourth-order valence-corrected chi connectivity index (χ4v) is 6.85. The minimum Gasteiger partial charge on any atom is -0.455 e. The lowest BCUT2D eigenvalue weighted by atomic mass is 10.00. The maximum absolute atomic E-state index is 15.2. The smallest absolute Gasteiger partial charge is 0.255 e. The summed E-state index contributed by atoms with van der Waals surface area (Å²) in [5.41, 5.74) is 7.88. The summed E-state index contributed by atoms with van der Waals surface area (Å²) < 4.78 is 37.4. The largest absolute Gasteiger partial charge is 0.455 e. The number of carbonyl (C=O) groups is 1. The van der Waals surface area contributed by atoms with Crippen LogP contribution in [0, 0.1) is 12.7 Å². The van der Waals surface area contributed by atoms with Gasteiger partial charge in [0.25, 0.3) is 5.91 Å². The third-order valence-corrected chi connectivity index (χ3v) is 9.49. The van der Waals surface area contributed by atoms with Crippen molar-refractivity contribution in [2.24, 2.45) is 0 Å². The number of amides is 1. The number of benzene rings is 3. The lowest BCUT2D eigenvalue weighted by Crippen LogP contribution is -2.49. The molecule has 1 aliphatic rings. The molecular weight excluding hydrogens is 610 g/mol. The molecule has 5 heterocycles. The molecule has 1 N–H and O–H groups in total. The van der Waals surface area contributed by atoms with Crippen LogP contribution in [-0.2, 0) is 0 Å². The van der Waals surface area contributed by atoms with Gasteiger partial charge in [-0.1, -0.05) is 35.9 Å². The molecule has 1 aliphatic heterocycles. The summed E-state index contributed by atoms with van der Waals surface area (Å²) >= 11 is 0. The minimum atomic E-state index is -0.859. The van der Waals surface area contributed by atoms with Crippen LogP contribution in [0.15, 0.2) is 77.2 Å². The first kappa shape index (κ1) is 30.0. The molecule has 1 atom stereocenters. The van der Waals surface area contributed by atoms with E-state index in [1.807, 2.05) is 103 Å². The van der Waals surface area contributed by atoms with E-state index >= 15 is 4.39 Å². The molecule has 8 nitrogen and oxygen atoms in total. The zero-order chi connectivity index (χ0) is 33.4. The van der Waals surface area contributed by atoms with Gasteiger partial charge in [-0.3, -0.25) is 14.1 Å². The number of furan rings is 1. The number of pyridine rings is 1. The summed E-state index contributed by atoms with van der Waals surface area (Å²) in [4.78, 5) is 27.6. The molecule has 7 aromatic rings. The van der Waals surface area contributed by atoms with Crippen LogP contribution in [0.1, 0.15) is 34.7 Å². The lowest BCUT2D eigenvalue weighted by molar-refractivity contribution is 0.0300. The number of nitrogens with one attached hydrogen (secondary N) is 1. The maximum atomic E-state index is 15.2. The Hall–Kier alpha value is -5.35. The molecule has 10 heteroatoms. The van der Waals surface area contributed by atoms with Gasteiger partial charge in [-0.25, -0.2) is 18.7 Å². The second kappa shape index (κ2) is 11.1. The molecule has 1 fully saturated rings. The number of hydrogen-bond acceptors (Lipinski definition) is 6. The Morgan fingerprint density at radius 3 is 2.48 bits per heavy atom. The van der Waals surface area contributed by atoms with E-state index in [0.29, 0.717) is 74.4 Å². The lowest BCUT2D eigenvalue weighted by Gasteiger charge is -2.38. The molecule has 0 aliphatic carbocycles. The first-order valence-corrected chi connectivity index (χ1v) is 16.0. The SMILES string of the molecule is CNC(=O)c1c(-c2ccc(C)cc2)oc2cc(N(C)C)c(-c3ccc4nc(C(C)N5CC(F)C5)n5c6cccc(F)c6cc5c4n3)cc12. The van der Waals surface area contributed by atoms with Gasteiger partial charge in [0, 0.05) is 67.9 Å². The van der Waals surface area contributed by atoms with E-state index in [1.54, 1.807) is 13.1 Å². The molecule has 0 spiro atoms. The van der Waals surface area contributed by atoms with Crippen LogP contribution in [0.3, 0.4) is 0 Å². The number of aromatic nitrogens is 3. The van der Waals surface area contributed by atoms with Gasteiger partial charge in [-0.15, -0.1) is 0 Å². The van der Waals surface area contributed by atoms with Crippen molar-refractivity contribution in [1.29, 1.82) is 0 Å². The van der Waals surface area contributed by atoms with Gasteiger partial charge in [-0.2, -0.15) is 0 Å². The predicted molar refractivity (Wildman–Crippen MR) is 186 cm³/mol. The molecule has 1 saturated heterocycles. The third kappa shape index (κ3) is 4.62. The van der Waals surface area contributed by atoms with Crippen LogP contribution in [0.25, 0.3) is 61.0 Å². The number of alkyl halides is 1. The van der Waals surface area contributed by atoms with Crippen LogP contribution in [0.5, 0.6) is 0 Å². The van der Waals surface area contributed by atoms with Crippen LogP contribution in [-0.4, -0.2) is 65.6 Å². The van der Waals surface area contributed by atoms with Crippen molar-refractivity contribution in [3.63, 3.8) is 0 Å². The van der Waals surface area contributed by atoms with Crippen molar-refractivity contribution < 1.29 is 18.0 Å². The molecule has 48 heavy (non-hydrogen) atoms. The molecule has 242 valence electrons.